The van der Waals surface area contributed by atoms with Crippen molar-refractivity contribution >= 4 is 39.3 Å². The largest absolute Gasteiger partial charge is 0.368 e. The molecule has 0 aliphatic carbocycles. The Bertz CT molecular complexity index is 533. The summed E-state index contributed by atoms with van der Waals surface area (Å²) in [6.45, 7) is 0.621. The number of nitrogen functional groups attached to an aromatic ring is 1. The van der Waals surface area contributed by atoms with E-state index in [1.807, 2.05) is 24.3 Å². The molecule has 2 rings (SSSR count). The minimum atomic E-state index is 0.238. The number of nitrogens with zero attached hydrogens (tertiary/aromatic N) is 2. The Kier molecular flexibility index (Phi) is 3.81. The van der Waals surface area contributed by atoms with Crippen molar-refractivity contribution in [1.82, 2.24) is 9.97 Å². The van der Waals surface area contributed by atoms with Gasteiger partial charge in [-0.25, -0.2) is 4.98 Å². The second-order valence-electron chi connectivity index (χ2n) is 3.41. The summed E-state index contributed by atoms with van der Waals surface area (Å²) in [5, 5.41) is 3.87. The lowest BCUT2D eigenvalue weighted by molar-refractivity contribution is 1.08. The number of benzene rings is 1. The van der Waals surface area contributed by atoms with E-state index in [1.165, 1.54) is 0 Å². The molecule has 6 heteroatoms. The number of halogens is 2. The van der Waals surface area contributed by atoms with Crippen LogP contribution in [0.4, 0.5) is 11.8 Å². The predicted molar refractivity (Wildman–Crippen MR) is 72.9 cm³/mol. The van der Waals surface area contributed by atoms with Gasteiger partial charge in [-0.1, -0.05) is 23.7 Å². The van der Waals surface area contributed by atoms with Gasteiger partial charge in [0.05, 0.1) is 4.47 Å². The van der Waals surface area contributed by atoms with Crippen LogP contribution >= 0.6 is 27.5 Å². The van der Waals surface area contributed by atoms with Crippen LogP contribution in [0.2, 0.25) is 5.02 Å². The first-order valence-electron chi connectivity index (χ1n) is 4.91. The van der Waals surface area contributed by atoms with Crippen molar-refractivity contribution in [2.45, 2.75) is 6.54 Å². The summed E-state index contributed by atoms with van der Waals surface area (Å²) in [7, 11) is 0. The van der Waals surface area contributed by atoms with Gasteiger partial charge in [0.25, 0.3) is 0 Å². The van der Waals surface area contributed by atoms with Crippen LogP contribution < -0.4 is 11.1 Å². The van der Waals surface area contributed by atoms with E-state index in [-0.39, 0.29) is 5.95 Å². The lowest BCUT2D eigenvalue weighted by Gasteiger charge is -2.08. The minimum absolute atomic E-state index is 0.238. The van der Waals surface area contributed by atoms with Crippen LogP contribution in [-0.2, 0) is 6.54 Å². The molecule has 0 fully saturated rings. The zero-order valence-electron chi connectivity index (χ0n) is 8.82. The van der Waals surface area contributed by atoms with Gasteiger partial charge in [-0.05, 0) is 33.6 Å². The molecule has 0 amide bonds. The maximum absolute atomic E-state index is 5.90. The SMILES string of the molecule is Nc1ncc(Br)c(NCc2cccc(Cl)c2)n1. The van der Waals surface area contributed by atoms with Gasteiger partial charge >= 0.3 is 0 Å². The van der Waals surface area contributed by atoms with Gasteiger partial charge in [0.2, 0.25) is 5.95 Å². The number of rotatable bonds is 3. The summed E-state index contributed by atoms with van der Waals surface area (Å²) in [4.78, 5) is 7.95. The highest BCUT2D eigenvalue weighted by atomic mass is 79.9. The number of nitrogens with two attached hydrogens (primary N) is 1. The zero-order chi connectivity index (χ0) is 12.3. The maximum Gasteiger partial charge on any atom is 0.221 e. The number of aromatic nitrogens is 2. The first-order valence-corrected chi connectivity index (χ1v) is 6.08. The number of anilines is 2. The summed E-state index contributed by atoms with van der Waals surface area (Å²) < 4.78 is 0.772. The highest BCUT2D eigenvalue weighted by molar-refractivity contribution is 9.10. The van der Waals surface area contributed by atoms with Crippen LogP contribution in [0.15, 0.2) is 34.9 Å². The van der Waals surface area contributed by atoms with Crippen molar-refractivity contribution in [3.63, 3.8) is 0 Å². The maximum atomic E-state index is 5.90. The van der Waals surface area contributed by atoms with Crippen molar-refractivity contribution < 1.29 is 0 Å². The molecule has 0 unspecified atom stereocenters. The van der Waals surface area contributed by atoms with Crippen LogP contribution in [0.1, 0.15) is 5.56 Å². The quantitative estimate of drug-likeness (QED) is 0.914. The van der Waals surface area contributed by atoms with Crippen LogP contribution in [0.5, 0.6) is 0 Å². The van der Waals surface area contributed by atoms with Crippen molar-refractivity contribution in [1.29, 1.82) is 0 Å². The smallest absolute Gasteiger partial charge is 0.221 e. The summed E-state index contributed by atoms with van der Waals surface area (Å²) in [5.74, 6) is 0.902. The summed E-state index contributed by atoms with van der Waals surface area (Å²) >= 11 is 9.25. The highest BCUT2D eigenvalue weighted by Gasteiger charge is 2.03. The summed E-state index contributed by atoms with van der Waals surface area (Å²) in [5.41, 5.74) is 6.59. The monoisotopic (exact) mass is 312 g/mol. The first kappa shape index (κ1) is 12.1. The Labute approximate surface area is 112 Å². The second-order valence-corrected chi connectivity index (χ2v) is 4.70. The van der Waals surface area contributed by atoms with Crippen LogP contribution in [0.25, 0.3) is 0 Å². The highest BCUT2D eigenvalue weighted by Crippen LogP contribution is 2.20. The van der Waals surface area contributed by atoms with E-state index in [2.05, 4.69) is 31.2 Å². The van der Waals surface area contributed by atoms with Gasteiger partial charge in [-0.3, -0.25) is 0 Å². The third-order valence-corrected chi connectivity index (χ3v) is 2.93. The lowest BCUT2D eigenvalue weighted by atomic mass is 10.2. The fraction of sp³-hybridized carbons (Fsp3) is 0.0909. The zero-order valence-corrected chi connectivity index (χ0v) is 11.2. The molecule has 17 heavy (non-hydrogen) atoms. The molecular formula is C11H10BrClN4. The van der Waals surface area contributed by atoms with E-state index in [4.69, 9.17) is 17.3 Å². The van der Waals surface area contributed by atoms with Crippen molar-refractivity contribution in [2.24, 2.45) is 0 Å². The van der Waals surface area contributed by atoms with Gasteiger partial charge < -0.3 is 11.1 Å². The molecule has 1 heterocycles. The Hall–Kier alpha value is -1.33. The molecule has 1 aromatic heterocycles. The molecule has 0 saturated carbocycles. The second kappa shape index (κ2) is 5.33. The molecular weight excluding hydrogens is 304 g/mol. The van der Waals surface area contributed by atoms with E-state index in [0.29, 0.717) is 17.4 Å². The van der Waals surface area contributed by atoms with Crippen LogP contribution in [0, 0.1) is 0 Å². The van der Waals surface area contributed by atoms with Gasteiger partial charge in [0.1, 0.15) is 5.82 Å². The topological polar surface area (TPSA) is 63.8 Å². The summed E-state index contributed by atoms with van der Waals surface area (Å²) in [6, 6.07) is 7.62. The molecule has 4 nitrogen and oxygen atoms in total. The average Bonchev–Trinajstić information content (AvgIpc) is 2.30. The van der Waals surface area contributed by atoms with Gasteiger partial charge in [0, 0.05) is 17.8 Å². The molecule has 0 aliphatic heterocycles. The van der Waals surface area contributed by atoms with Crippen LogP contribution in [-0.4, -0.2) is 9.97 Å². The van der Waals surface area contributed by atoms with Crippen molar-refractivity contribution in [2.75, 3.05) is 11.1 Å². The molecule has 0 aliphatic rings. The molecule has 2 aromatic rings. The predicted octanol–water partition coefficient (Wildman–Crippen LogP) is 3.09. The molecule has 0 spiro atoms. The molecule has 88 valence electrons. The van der Waals surface area contributed by atoms with E-state index in [9.17, 15) is 0 Å². The molecule has 0 atom stereocenters. The number of hydrogen-bond donors (Lipinski definition) is 2. The summed E-state index contributed by atoms with van der Waals surface area (Å²) in [6.07, 6.45) is 1.61. The first-order chi connectivity index (χ1) is 8.15. The normalized spacial score (nSPS) is 10.2. The third kappa shape index (κ3) is 3.31. The number of hydrogen-bond acceptors (Lipinski definition) is 4. The Balaban J connectivity index is 2.09. The van der Waals surface area contributed by atoms with E-state index in [0.717, 1.165) is 10.0 Å². The fourth-order valence-corrected chi connectivity index (χ4v) is 1.88. The third-order valence-electron chi connectivity index (χ3n) is 2.11. The van der Waals surface area contributed by atoms with Crippen molar-refractivity contribution in [3.8, 4) is 0 Å². The van der Waals surface area contributed by atoms with Gasteiger partial charge in [0.15, 0.2) is 0 Å². The molecule has 3 N–H and O–H groups in total. The van der Waals surface area contributed by atoms with Gasteiger partial charge in [-0.2, -0.15) is 4.98 Å². The molecule has 1 aromatic carbocycles. The molecule has 0 bridgehead atoms. The molecule has 0 saturated heterocycles. The van der Waals surface area contributed by atoms with E-state index < -0.39 is 0 Å². The fourth-order valence-electron chi connectivity index (χ4n) is 1.34. The van der Waals surface area contributed by atoms with Gasteiger partial charge in [-0.15, -0.1) is 0 Å². The number of nitrogens with one attached hydrogen (secondary N) is 1. The van der Waals surface area contributed by atoms with E-state index in [1.54, 1.807) is 6.20 Å². The Morgan fingerprint density at radius 1 is 1.41 bits per heavy atom. The molecule has 0 radical (unpaired) electrons. The van der Waals surface area contributed by atoms with Crippen LogP contribution in [0.3, 0.4) is 0 Å². The Morgan fingerprint density at radius 3 is 3.00 bits per heavy atom. The lowest BCUT2D eigenvalue weighted by Crippen LogP contribution is -2.04. The Morgan fingerprint density at radius 2 is 2.24 bits per heavy atom. The minimum Gasteiger partial charge on any atom is -0.368 e. The average molecular weight is 314 g/mol. The van der Waals surface area contributed by atoms with E-state index >= 15 is 0 Å². The standard InChI is InChI=1S/C11H10BrClN4/c12-9-6-16-11(14)17-10(9)15-5-7-2-1-3-8(13)4-7/h1-4,6H,5H2,(H3,14,15,16,17). The van der Waals surface area contributed by atoms with Crippen molar-refractivity contribution in [3.05, 3.63) is 45.5 Å².